The summed E-state index contributed by atoms with van der Waals surface area (Å²) < 4.78 is 13.9. The van der Waals surface area contributed by atoms with Crippen molar-refractivity contribution in [2.75, 3.05) is 11.5 Å². The summed E-state index contributed by atoms with van der Waals surface area (Å²) in [5, 5.41) is 20.1. The molecule has 8 aliphatic carbocycles. The lowest BCUT2D eigenvalue weighted by Crippen LogP contribution is -2.49. The molecule has 4 N–H and O–H groups in total. The Labute approximate surface area is 271 Å². The second-order valence-electron chi connectivity index (χ2n) is 16.2. The molecule has 6 heteroatoms. The fourth-order valence-electron chi connectivity index (χ4n) is 12.1. The zero-order valence-corrected chi connectivity index (χ0v) is 26.4. The summed E-state index contributed by atoms with van der Waals surface area (Å²) in [4.78, 5) is 0. The zero-order chi connectivity index (χ0) is 31.2. The third-order valence-electron chi connectivity index (χ3n) is 13.0. The Kier molecular flexibility index (Phi) is 6.21. The second kappa shape index (κ2) is 10.2. The summed E-state index contributed by atoms with van der Waals surface area (Å²) in [6, 6.07) is 20.0. The van der Waals surface area contributed by atoms with Gasteiger partial charge in [0.15, 0.2) is 0 Å². The molecule has 6 nitrogen and oxygen atoms in total. The smallest absolute Gasteiger partial charge is 0.145 e. The lowest BCUT2D eigenvalue weighted by molar-refractivity contribution is -0.00824. The molecule has 0 saturated heterocycles. The van der Waals surface area contributed by atoms with Crippen LogP contribution in [0.25, 0.3) is 0 Å². The predicted octanol–water partition coefficient (Wildman–Crippen LogP) is 9.11. The van der Waals surface area contributed by atoms with Crippen molar-refractivity contribution in [3.05, 3.63) is 70.8 Å². The first kappa shape index (κ1) is 28.1. The van der Waals surface area contributed by atoms with Crippen molar-refractivity contribution < 1.29 is 9.47 Å². The number of ether oxygens (including phenoxy) is 2. The highest BCUT2D eigenvalue weighted by Crippen LogP contribution is 2.65. The van der Waals surface area contributed by atoms with Crippen molar-refractivity contribution in [2.45, 2.75) is 87.9 Å². The minimum atomic E-state index is 0.0159. The number of hydrogen-bond donors (Lipinski definition) is 2. The van der Waals surface area contributed by atoms with Crippen LogP contribution in [-0.2, 0) is 10.8 Å². The van der Waals surface area contributed by atoms with Gasteiger partial charge in [0.1, 0.15) is 35.1 Å². The van der Waals surface area contributed by atoms with E-state index in [1.165, 1.54) is 88.2 Å². The van der Waals surface area contributed by atoms with Crippen LogP contribution in [0.4, 0.5) is 11.4 Å². The number of nitriles is 2. The van der Waals surface area contributed by atoms with Gasteiger partial charge in [0.05, 0.1) is 11.1 Å². The van der Waals surface area contributed by atoms with Crippen LogP contribution >= 0.6 is 0 Å². The number of nitrogens with two attached hydrogens (primary N) is 2. The van der Waals surface area contributed by atoms with E-state index in [0.717, 1.165) is 47.0 Å². The van der Waals surface area contributed by atoms with Gasteiger partial charge >= 0.3 is 0 Å². The molecule has 46 heavy (non-hydrogen) atoms. The minimum Gasteiger partial charge on any atom is -0.456 e. The Morgan fingerprint density at radius 2 is 0.826 bits per heavy atom. The Morgan fingerprint density at radius 3 is 1.13 bits per heavy atom. The van der Waals surface area contributed by atoms with Gasteiger partial charge in [0.25, 0.3) is 0 Å². The summed E-state index contributed by atoms with van der Waals surface area (Å²) in [7, 11) is 0. The molecule has 3 aromatic rings. The van der Waals surface area contributed by atoms with Gasteiger partial charge in [-0.2, -0.15) is 10.5 Å². The van der Waals surface area contributed by atoms with Gasteiger partial charge in [-0.3, -0.25) is 0 Å². The number of benzene rings is 3. The summed E-state index contributed by atoms with van der Waals surface area (Å²) in [6.45, 7) is 0. The monoisotopic (exact) mass is 610 g/mol. The Bertz CT molecular complexity index is 1630. The number of hydrogen-bond acceptors (Lipinski definition) is 6. The molecule has 0 unspecified atom stereocenters. The molecule has 8 aliphatic rings. The van der Waals surface area contributed by atoms with Crippen LogP contribution in [-0.4, -0.2) is 0 Å². The van der Waals surface area contributed by atoms with Crippen molar-refractivity contribution in [1.82, 2.24) is 0 Å². The van der Waals surface area contributed by atoms with E-state index in [1.807, 2.05) is 24.3 Å². The van der Waals surface area contributed by atoms with Gasteiger partial charge in [-0.05, 0) is 172 Å². The van der Waals surface area contributed by atoms with Gasteiger partial charge in [-0.15, -0.1) is 0 Å². The fraction of sp³-hybridized carbons (Fsp3) is 0.500. The molecule has 0 radical (unpaired) electrons. The third-order valence-corrected chi connectivity index (χ3v) is 13.0. The third kappa shape index (κ3) is 4.48. The molecule has 0 aliphatic heterocycles. The summed E-state index contributed by atoms with van der Waals surface area (Å²) in [6.07, 6.45) is 15.1. The number of rotatable bonds is 6. The first-order valence-corrected chi connectivity index (χ1v) is 17.4. The average Bonchev–Trinajstić information content (AvgIpc) is 3.01. The first-order chi connectivity index (χ1) is 22.3. The van der Waals surface area contributed by atoms with Gasteiger partial charge in [-0.1, -0.05) is 0 Å². The van der Waals surface area contributed by atoms with E-state index in [9.17, 15) is 10.5 Å². The average molecular weight is 611 g/mol. The van der Waals surface area contributed by atoms with Crippen LogP contribution in [0.1, 0.15) is 99.3 Å². The molecule has 8 fully saturated rings. The van der Waals surface area contributed by atoms with E-state index in [4.69, 9.17) is 20.9 Å². The SMILES string of the molecule is N#Cc1cc(N)ccc1Oc1cc(C23CC4CC(CC(C4)C2)C3)c(Oc2ccc(N)cc2C#N)cc1C12CC3CC(CC(C3)C1)C2. The largest absolute Gasteiger partial charge is 0.456 e. The van der Waals surface area contributed by atoms with Crippen LogP contribution in [0.5, 0.6) is 23.0 Å². The number of nitrogen functional groups attached to an aromatic ring is 2. The maximum absolute atomic E-state index is 10.1. The molecule has 234 valence electrons. The second-order valence-corrected chi connectivity index (χ2v) is 16.2. The molecule has 3 aromatic carbocycles. The molecule has 8 bridgehead atoms. The van der Waals surface area contributed by atoms with Gasteiger partial charge in [0, 0.05) is 22.5 Å². The standard InChI is InChI=1S/C40H42N4O2/c41-21-29-11-31(43)1-3-35(29)45-37-13-34(40-18-26-8-27(19-40)10-28(9-26)20-40)38(46-36-4-2-32(44)12-30(36)22-42)14-33(37)39-15-23-5-24(16-39)7-25(6-23)17-39/h1-4,11-14,23-28H,5-10,15-20,43-44H2. The maximum Gasteiger partial charge on any atom is 0.145 e. The predicted molar refractivity (Wildman–Crippen MR) is 177 cm³/mol. The van der Waals surface area contributed by atoms with Gasteiger partial charge in [0.2, 0.25) is 0 Å². The lowest BCUT2D eigenvalue weighted by atomic mass is 9.47. The Balaban J connectivity index is 1.25. The molecule has 0 atom stereocenters. The van der Waals surface area contributed by atoms with Crippen LogP contribution in [0.15, 0.2) is 48.5 Å². The van der Waals surface area contributed by atoms with E-state index in [1.54, 1.807) is 12.1 Å². The molecule has 0 amide bonds. The fourth-order valence-corrected chi connectivity index (χ4v) is 12.1. The van der Waals surface area contributed by atoms with Crippen LogP contribution in [0, 0.1) is 58.2 Å². The molecule has 11 rings (SSSR count). The van der Waals surface area contributed by atoms with E-state index >= 15 is 0 Å². The van der Waals surface area contributed by atoms with E-state index in [-0.39, 0.29) is 10.8 Å². The lowest BCUT2D eigenvalue weighted by Gasteiger charge is -2.58. The molecule has 0 spiro atoms. The van der Waals surface area contributed by atoms with E-state index in [2.05, 4.69) is 24.3 Å². The summed E-state index contributed by atoms with van der Waals surface area (Å²) in [5.41, 5.74) is 16.7. The van der Waals surface area contributed by atoms with Crippen molar-refractivity contribution in [1.29, 1.82) is 10.5 Å². The highest BCUT2D eigenvalue weighted by Gasteiger charge is 2.55. The van der Waals surface area contributed by atoms with Crippen LogP contribution in [0.2, 0.25) is 0 Å². The van der Waals surface area contributed by atoms with E-state index < -0.39 is 0 Å². The van der Waals surface area contributed by atoms with Crippen molar-refractivity contribution in [3.63, 3.8) is 0 Å². The first-order valence-electron chi connectivity index (χ1n) is 17.4. The van der Waals surface area contributed by atoms with Crippen molar-refractivity contribution >= 4 is 11.4 Å². The van der Waals surface area contributed by atoms with Crippen LogP contribution in [0.3, 0.4) is 0 Å². The van der Waals surface area contributed by atoms with Crippen molar-refractivity contribution in [3.8, 4) is 35.1 Å². The molecule has 8 saturated carbocycles. The highest BCUT2D eigenvalue weighted by atomic mass is 16.5. The highest BCUT2D eigenvalue weighted by molar-refractivity contribution is 5.60. The Morgan fingerprint density at radius 1 is 0.500 bits per heavy atom. The molecular formula is C40H42N4O2. The molecular weight excluding hydrogens is 568 g/mol. The van der Waals surface area contributed by atoms with Crippen molar-refractivity contribution in [2.24, 2.45) is 35.5 Å². The number of anilines is 2. The number of nitrogens with zero attached hydrogens (tertiary/aromatic N) is 2. The Hall–Kier alpha value is -4.16. The molecule has 0 aromatic heterocycles. The quantitative estimate of drug-likeness (QED) is 0.269. The summed E-state index contributed by atoms with van der Waals surface area (Å²) in [5.74, 6) is 7.35. The normalized spacial score (nSPS) is 34.7. The van der Waals surface area contributed by atoms with Crippen LogP contribution < -0.4 is 20.9 Å². The van der Waals surface area contributed by atoms with E-state index in [0.29, 0.717) is 34.0 Å². The molecule has 0 heterocycles. The maximum atomic E-state index is 10.1. The summed E-state index contributed by atoms with van der Waals surface area (Å²) >= 11 is 0. The van der Waals surface area contributed by atoms with Gasteiger partial charge in [-0.25, -0.2) is 0 Å². The topological polar surface area (TPSA) is 118 Å². The zero-order valence-electron chi connectivity index (χ0n) is 26.4. The minimum absolute atomic E-state index is 0.0159. The van der Waals surface area contributed by atoms with Gasteiger partial charge < -0.3 is 20.9 Å².